The van der Waals surface area contributed by atoms with Gasteiger partial charge in [-0.2, -0.15) is 13.2 Å². The van der Waals surface area contributed by atoms with E-state index in [0.717, 1.165) is 30.3 Å². The molecule has 3 N–H and O–H groups in total. The smallest absolute Gasteiger partial charge is 0.416 e. The van der Waals surface area contributed by atoms with E-state index in [0.29, 0.717) is 0 Å². The number of rotatable bonds is 2. The van der Waals surface area contributed by atoms with E-state index in [1.54, 1.807) is 0 Å². The first-order chi connectivity index (χ1) is 9.77. The van der Waals surface area contributed by atoms with Crippen molar-refractivity contribution in [1.82, 2.24) is 0 Å². The molecule has 0 fully saturated rings. The van der Waals surface area contributed by atoms with Gasteiger partial charge in [0.25, 0.3) is 5.91 Å². The standard InChI is InChI=1S/C14H10F3NO3/c15-14(16,17)9-3-1-8(2-4-9)13(21)18-11-6-5-10(19)7-12(11)20/h1-7,19-20H,(H,18,21). The van der Waals surface area contributed by atoms with E-state index < -0.39 is 17.6 Å². The number of carbonyl (C=O) groups excluding carboxylic acids is 1. The molecule has 0 bridgehead atoms. The SMILES string of the molecule is O=C(Nc1ccc(O)cc1O)c1ccc(C(F)(F)F)cc1. The summed E-state index contributed by atoms with van der Waals surface area (Å²) >= 11 is 0. The highest BCUT2D eigenvalue weighted by Crippen LogP contribution is 2.30. The van der Waals surface area contributed by atoms with Gasteiger partial charge in [0.2, 0.25) is 0 Å². The molecule has 2 aromatic carbocycles. The van der Waals surface area contributed by atoms with Crippen molar-refractivity contribution in [2.75, 3.05) is 5.32 Å². The van der Waals surface area contributed by atoms with Crippen LogP contribution in [0.25, 0.3) is 0 Å². The van der Waals surface area contributed by atoms with Crippen molar-refractivity contribution in [3.8, 4) is 11.5 Å². The molecular weight excluding hydrogens is 287 g/mol. The third-order valence-electron chi connectivity index (χ3n) is 2.70. The Morgan fingerprint density at radius 2 is 1.62 bits per heavy atom. The number of phenols is 2. The van der Waals surface area contributed by atoms with Gasteiger partial charge in [-0.3, -0.25) is 4.79 Å². The molecule has 21 heavy (non-hydrogen) atoms. The van der Waals surface area contributed by atoms with Crippen LogP contribution in [0.1, 0.15) is 15.9 Å². The number of nitrogens with one attached hydrogen (secondary N) is 1. The van der Waals surface area contributed by atoms with Crippen molar-refractivity contribution in [3.63, 3.8) is 0 Å². The first-order valence-corrected chi connectivity index (χ1v) is 5.78. The average Bonchev–Trinajstić information content (AvgIpc) is 2.41. The van der Waals surface area contributed by atoms with Crippen molar-refractivity contribution in [1.29, 1.82) is 0 Å². The lowest BCUT2D eigenvalue weighted by molar-refractivity contribution is -0.137. The summed E-state index contributed by atoms with van der Waals surface area (Å²) in [4.78, 5) is 11.8. The lowest BCUT2D eigenvalue weighted by Gasteiger charge is -2.09. The van der Waals surface area contributed by atoms with Crippen molar-refractivity contribution in [2.24, 2.45) is 0 Å². The molecule has 0 unspecified atom stereocenters. The number of benzene rings is 2. The van der Waals surface area contributed by atoms with Gasteiger partial charge in [0.1, 0.15) is 11.5 Å². The molecule has 110 valence electrons. The minimum absolute atomic E-state index is 0.00970. The number of anilines is 1. The molecule has 0 spiro atoms. The lowest BCUT2D eigenvalue weighted by Crippen LogP contribution is -2.13. The fourth-order valence-corrected chi connectivity index (χ4v) is 1.63. The van der Waals surface area contributed by atoms with E-state index in [9.17, 15) is 23.1 Å². The van der Waals surface area contributed by atoms with Crippen molar-refractivity contribution >= 4 is 11.6 Å². The molecule has 0 saturated heterocycles. The Labute approximate surface area is 117 Å². The molecule has 0 aromatic heterocycles. The fraction of sp³-hybridized carbons (Fsp3) is 0.0714. The fourth-order valence-electron chi connectivity index (χ4n) is 1.63. The predicted molar refractivity (Wildman–Crippen MR) is 69.2 cm³/mol. The second kappa shape index (κ2) is 5.35. The van der Waals surface area contributed by atoms with Crippen molar-refractivity contribution in [2.45, 2.75) is 6.18 Å². The van der Waals surface area contributed by atoms with Crippen LogP contribution in [0.4, 0.5) is 18.9 Å². The number of hydrogen-bond donors (Lipinski definition) is 3. The molecule has 0 heterocycles. The summed E-state index contributed by atoms with van der Waals surface area (Å²) in [5, 5.41) is 21.0. The zero-order chi connectivity index (χ0) is 15.6. The molecule has 1 amide bonds. The van der Waals surface area contributed by atoms with Gasteiger partial charge in [0, 0.05) is 11.6 Å². The maximum absolute atomic E-state index is 12.4. The maximum Gasteiger partial charge on any atom is 0.416 e. The van der Waals surface area contributed by atoms with Gasteiger partial charge in [-0.25, -0.2) is 0 Å². The predicted octanol–water partition coefficient (Wildman–Crippen LogP) is 3.37. The molecule has 0 aliphatic rings. The van der Waals surface area contributed by atoms with E-state index in [4.69, 9.17) is 5.11 Å². The van der Waals surface area contributed by atoms with Crippen LogP contribution in [-0.2, 0) is 6.18 Å². The highest BCUT2D eigenvalue weighted by molar-refractivity contribution is 6.05. The first-order valence-electron chi connectivity index (χ1n) is 5.78. The molecular formula is C14H10F3NO3. The van der Waals surface area contributed by atoms with E-state index >= 15 is 0 Å². The maximum atomic E-state index is 12.4. The zero-order valence-electron chi connectivity index (χ0n) is 10.5. The van der Waals surface area contributed by atoms with E-state index in [1.165, 1.54) is 12.1 Å². The monoisotopic (exact) mass is 297 g/mol. The average molecular weight is 297 g/mol. The minimum atomic E-state index is -4.47. The second-order valence-corrected chi connectivity index (χ2v) is 4.23. The Balaban J connectivity index is 2.17. The summed E-state index contributed by atoms with van der Waals surface area (Å²) in [7, 11) is 0. The number of aromatic hydroxyl groups is 2. The Morgan fingerprint density at radius 1 is 1.00 bits per heavy atom. The normalized spacial score (nSPS) is 11.2. The van der Waals surface area contributed by atoms with Crippen molar-refractivity contribution < 1.29 is 28.2 Å². The largest absolute Gasteiger partial charge is 0.508 e. The molecule has 0 saturated carbocycles. The van der Waals surface area contributed by atoms with Gasteiger partial charge in [0.15, 0.2) is 0 Å². The summed E-state index contributed by atoms with van der Waals surface area (Å²) in [6.45, 7) is 0. The number of hydrogen-bond acceptors (Lipinski definition) is 3. The van der Waals surface area contributed by atoms with Crippen LogP contribution in [0.3, 0.4) is 0 Å². The molecule has 0 radical (unpaired) electrons. The van der Waals surface area contributed by atoms with Gasteiger partial charge in [-0.05, 0) is 36.4 Å². The number of carbonyl (C=O) groups is 1. The van der Waals surface area contributed by atoms with Crippen molar-refractivity contribution in [3.05, 3.63) is 53.6 Å². The highest BCUT2D eigenvalue weighted by Gasteiger charge is 2.30. The molecule has 0 aliphatic heterocycles. The molecule has 0 atom stereocenters. The van der Waals surface area contributed by atoms with Crippen LogP contribution in [0.15, 0.2) is 42.5 Å². The van der Waals surface area contributed by atoms with E-state index in [-0.39, 0.29) is 22.7 Å². The Hall–Kier alpha value is -2.70. The zero-order valence-corrected chi connectivity index (χ0v) is 10.5. The number of halogens is 3. The molecule has 2 rings (SSSR count). The summed E-state index contributed by atoms with van der Waals surface area (Å²) in [5.41, 5.74) is -0.806. The molecule has 7 heteroatoms. The van der Waals surface area contributed by atoms with Crippen LogP contribution < -0.4 is 5.32 Å². The Bertz CT molecular complexity index is 666. The van der Waals surface area contributed by atoms with Gasteiger partial charge in [0.05, 0.1) is 11.3 Å². The topological polar surface area (TPSA) is 69.6 Å². The first kappa shape index (κ1) is 14.7. The highest BCUT2D eigenvalue weighted by atomic mass is 19.4. The van der Waals surface area contributed by atoms with E-state index in [1.807, 2.05) is 0 Å². The molecule has 0 aliphatic carbocycles. The second-order valence-electron chi connectivity index (χ2n) is 4.23. The van der Waals surface area contributed by atoms with Gasteiger partial charge in [-0.1, -0.05) is 0 Å². The van der Waals surface area contributed by atoms with E-state index in [2.05, 4.69) is 5.32 Å². The summed E-state index contributed by atoms with van der Waals surface area (Å²) in [5.74, 6) is -1.21. The quantitative estimate of drug-likeness (QED) is 0.588. The minimum Gasteiger partial charge on any atom is -0.508 e. The molecule has 2 aromatic rings. The number of alkyl halides is 3. The van der Waals surface area contributed by atoms with Crippen LogP contribution in [-0.4, -0.2) is 16.1 Å². The van der Waals surface area contributed by atoms with Gasteiger partial charge < -0.3 is 15.5 Å². The van der Waals surface area contributed by atoms with Crippen LogP contribution in [0, 0.1) is 0 Å². The van der Waals surface area contributed by atoms with Crippen LogP contribution in [0.5, 0.6) is 11.5 Å². The molecule has 4 nitrogen and oxygen atoms in total. The lowest BCUT2D eigenvalue weighted by atomic mass is 10.1. The Morgan fingerprint density at radius 3 is 2.14 bits per heavy atom. The van der Waals surface area contributed by atoms with Crippen LogP contribution >= 0.6 is 0 Å². The Kier molecular flexibility index (Phi) is 3.75. The number of amides is 1. The number of phenolic OH excluding ortho intramolecular Hbond substituents is 2. The third-order valence-corrected chi connectivity index (χ3v) is 2.70. The third kappa shape index (κ3) is 3.44. The van der Waals surface area contributed by atoms with Crippen LogP contribution in [0.2, 0.25) is 0 Å². The van der Waals surface area contributed by atoms with Gasteiger partial charge in [-0.15, -0.1) is 0 Å². The summed E-state index contributed by atoms with van der Waals surface area (Å²) < 4.78 is 37.2. The van der Waals surface area contributed by atoms with Gasteiger partial charge >= 0.3 is 6.18 Å². The summed E-state index contributed by atoms with van der Waals surface area (Å²) in [6, 6.07) is 7.22. The summed E-state index contributed by atoms with van der Waals surface area (Å²) in [6.07, 6.45) is -4.47.